The van der Waals surface area contributed by atoms with Gasteiger partial charge >= 0.3 is 0 Å². The predicted molar refractivity (Wildman–Crippen MR) is 78.8 cm³/mol. The van der Waals surface area contributed by atoms with Crippen LogP contribution >= 0.6 is 24.2 Å². The molecule has 1 aliphatic heterocycles. The molecule has 18 heavy (non-hydrogen) atoms. The van der Waals surface area contributed by atoms with E-state index in [-0.39, 0.29) is 18.3 Å². The van der Waals surface area contributed by atoms with Gasteiger partial charge in [0.1, 0.15) is 0 Å². The minimum absolute atomic E-state index is 0. The first kappa shape index (κ1) is 15.3. The van der Waals surface area contributed by atoms with E-state index in [0.717, 1.165) is 36.5 Å². The molecule has 1 heterocycles. The van der Waals surface area contributed by atoms with Crippen LogP contribution in [0.15, 0.2) is 29.2 Å². The average Bonchev–Trinajstić information content (AvgIpc) is 2.89. The summed E-state index contributed by atoms with van der Waals surface area (Å²) in [5, 5.41) is 6.33. The Hall–Kier alpha value is -0.710. The van der Waals surface area contributed by atoms with Crippen LogP contribution in [-0.4, -0.2) is 31.8 Å². The number of nitrogens with one attached hydrogen (secondary N) is 2. The Balaban J connectivity index is 0.00000162. The van der Waals surface area contributed by atoms with Crippen LogP contribution in [0.4, 0.5) is 0 Å². The van der Waals surface area contributed by atoms with Gasteiger partial charge in [0.15, 0.2) is 0 Å². The summed E-state index contributed by atoms with van der Waals surface area (Å²) < 4.78 is 0. The van der Waals surface area contributed by atoms with Crippen LogP contribution in [-0.2, 0) is 0 Å². The molecule has 1 aromatic rings. The van der Waals surface area contributed by atoms with Gasteiger partial charge in [-0.1, -0.05) is 12.1 Å². The van der Waals surface area contributed by atoms with Crippen LogP contribution in [0.25, 0.3) is 0 Å². The molecule has 0 aromatic heterocycles. The Bertz CT molecular complexity index is 394. The molecular formula is C13H19ClN2OS. The number of thioether (sulfide) groups is 1. The summed E-state index contributed by atoms with van der Waals surface area (Å²) in [5.74, 6) is 0.627. The molecule has 1 fully saturated rings. The first-order chi connectivity index (χ1) is 8.31. The zero-order chi connectivity index (χ0) is 12.1. The SMILES string of the molecule is CSc1ccccc1C(=O)NCC1CCNC1.Cl. The van der Waals surface area contributed by atoms with Gasteiger partial charge in [0.25, 0.3) is 5.91 Å². The molecule has 1 atom stereocenters. The van der Waals surface area contributed by atoms with Crippen molar-refractivity contribution in [2.75, 3.05) is 25.9 Å². The molecule has 0 saturated carbocycles. The highest BCUT2D eigenvalue weighted by molar-refractivity contribution is 7.98. The maximum Gasteiger partial charge on any atom is 0.252 e. The van der Waals surface area contributed by atoms with E-state index in [4.69, 9.17) is 0 Å². The number of carbonyl (C=O) groups is 1. The van der Waals surface area contributed by atoms with Crippen molar-refractivity contribution >= 4 is 30.1 Å². The second-order valence-electron chi connectivity index (χ2n) is 4.27. The Labute approximate surface area is 119 Å². The number of rotatable bonds is 4. The number of hydrogen-bond acceptors (Lipinski definition) is 3. The van der Waals surface area contributed by atoms with E-state index in [1.807, 2.05) is 30.5 Å². The minimum Gasteiger partial charge on any atom is -0.352 e. The molecular weight excluding hydrogens is 268 g/mol. The van der Waals surface area contributed by atoms with E-state index in [1.165, 1.54) is 0 Å². The monoisotopic (exact) mass is 286 g/mol. The fraction of sp³-hybridized carbons (Fsp3) is 0.462. The van der Waals surface area contributed by atoms with E-state index in [2.05, 4.69) is 10.6 Å². The van der Waals surface area contributed by atoms with Crippen LogP contribution < -0.4 is 10.6 Å². The van der Waals surface area contributed by atoms with E-state index < -0.39 is 0 Å². The van der Waals surface area contributed by atoms with Gasteiger partial charge in [-0.2, -0.15) is 0 Å². The summed E-state index contributed by atoms with van der Waals surface area (Å²) in [5.41, 5.74) is 0.783. The van der Waals surface area contributed by atoms with Crippen molar-refractivity contribution in [2.24, 2.45) is 5.92 Å². The number of hydrogen-bond donors (Lipinski definition) is 2. The third-order valence-electron chi connectivity index (χ3n) is 3.07. The molecule has 1 saturated heterocycles. The third kappa shape index (κ3) is 3.90. The zero-order valence-electron chi connectivity index (χ0n) is 10.4. The summed E-state index contributed by atoms with van der Waals surface area (Å²) in [7, 11) is 0. The van der Waals surface area contributed by atoms with Crippen LogP contribution in [0.5, 0.6) is 0 Å². The molecule has 5 heteroatoms. The first-order valence-corrected chi connectivity index (χ1v) is 7.15. The van der Waals surface area contributed by atoms with Gasteiger partial charge in [-0.3, -0.25) is 4.79 Å². The average molecular weight is 287 g/mol. The summed E-state index contributed by atoms with van der Waals surface area (Å²) in [6, 6.07) is 7.74. The maximum atomic E-state index is 12.0. The summed E-state index contributed by atoms with van der Waals surface area (Å²) in [6.45, 7) is 2.86. The first-order valence-electron chi connectivity index (χ1n) is 5.93. The number of carbonyl (C=O) groups excluding carboxylic acids is 1. The lowest BCUT2D eigenvalue weighted by Gasteiger charge is -2.11. The smallest absolute Gasteiger partial charge is 0.252 e. The van der Waals surface area contributed by atoms with Crippen LogP contribution in [0.3, 0.4) is 0 Å². The number of amides is 1. The molecule has 1 unspecified atom stereocenters. The molecule has 1 aliphatic rings. The molecule has 1 amide bonds. The quantitative estimate of drug-likeness (QED) is 0.834. The Morgan fingerprint density at radius 2 is 2.28 bits per heavy atom. The molecule has 0 aliphatic carbocycles. The van der Waals surface area contributed by atoms with E-state index in [9.17, 15) is 4.79 Å². The highest BCUT2D eigenvalue weighted by atomic mass is 35.5. The lowest BCUT2D eigenvalue weighted by Crippen LogP contribution is -2.30. The molecule has 1 aromatic carbocycles. The molecule has 100 valence electrons. The number of halogens is 1. The molecule has 3 nitrogen and oxygen atoms in total. The van der Waals surface area contributed by atoms with Crippen molar-refractivity contribution in [3.8, 4) is 0 Å². The van der Waals surface area contributed by atoms with Crippen LogP contribution in [0.1, 0.15) is 16.8 Å². The maximum absolute atomic E-state index is 12.0. The summed E-state index contributed by atoms with van der Waals surface area (Å²) in [6.07, 6.45) is 3.15. The Kier molecular flexibility index (Phi) is 6.54. The molecule has 0 spiro atoms. The lowest BCUT2D eigenvalue weighted by molar-refractivity contribution is 0.0945. The van der Waals surface area contributed by atoms with Gasteiger partial charge in [-0.15, -0.1) is 24.2 Å². The van der Waals surface area contributed by atoms with E-state index >= 15 is 0 Å². The molecule has 0 bridgehead atoms. The minimum atomic E-state index is 0. The van der Waals surface area contributed by atoms with E-state index in [1.54, 1.807) is 11.8 Å². The summed E-state index contributed by atoms with van der Waals surface area (Å²) >= 11 is 1.61. The normalized spacial score (nSPS) is 18.2. The standard InChI is InChI=1S/C13H18N2OS.ClH/c1-17-12-5-3-2-4-11(12)13(16)15-9-10-6-7-14-8-10;/h2-5,10,14H,6-9H2,1H3,(H,15,16);1H. The second-order valence-corrected chi connectivity index (χ2v) is 5.12. The molecule has 2 N–H and O–H groups in total. The van der Waals surface area contributed by atoms with Gasteiger partial charge in [0, 0.05) is 11.4 Å². The lowest BCUT2D eigenvalue weighted by atomic mass is 10.1. The van der Waals surface area contributed by atoms with Crippen LogP contribution in [0.2, 0.25) is 0 Å². The topological polar surface area (TPSA) is 41.1 Å². The van der Waals surface area contributed by atoms with Gasteiger partial charge < -0.3 is 10.6 Å². The van der Waals surface area contributed by atoms with E-state index in [0.29, 0.717) is 5.92 Å². The molecule has 2 rings (SSSR count). The van der Waals surface area contributed by atoms with Crippen molar-refractivity contribution in [1.82, 2.24) is 10.6 Å². The fourth-order valence-electron chi connectivity index (χ4n) is 2.05. The summed E-state index contributed by atoms with van der Waals surface area (Å²) in [4.78, 5) is 13.1. The van der Waals surface area contributed by atoms with Gasteiger partial charge in [-0.05, 0) is 43.8 Å². The van der Waals surface area contributed by atoms with Gasteiger partial charge in [0.05, 0.1) is 5.56 Å². The molecule has 0 radical (unpaired) electrons. The highest BCUT2D eigenvalue weighted by Gasteiger charge is 2.16. The fourth-order valence-corrected chi connectivity index (χ4v) is 2.65. The van der Waals surface area contributed by atoms with Gasteiger partial charge in [-0.25, -0.2) is 0 Å². The zero-order valence-corrected chi connectivity index (χ0v) is 12.1. The van der Waals surface area contributed by atoms with Crippen molar-refractivity contribution in [3.05, 3.63) is 29.8 Å². The van der Waals surface area contributed by atoms with Crippen LogP contribution in [0, 0.1) is 5.92 Å². The number of benzene rings is 1. The Morgan fingerprint density at radius 3 is 2.94 bits per heavy atom. The van der Waals surface area contributed by atoms with Crippen molar-refractivity contribution in [1.29, 1.82) is 0 Å². The largest absolute Gasteiger partial charge is 0.352 e. The second kappa shape index (κ2) is 7.67. The highest BCUT2D eigenvalue weighted by Crippen LogP contribution is 2.19. The Morgan fingerprint density at radius 1 is 1.50 bits per heavy atom. The van der Waals surface area contributed by atoms with Crippen molar-refractivity contribution in [3.63, 3.8) is 0 Å². The van der Waals surface area contributed by atoms with Gasteiger partial charge in [0.2, 0.25) is 0 Å². The van der Waals surface area contributed by atoms with Crippen molar-refractivity contribution in [2.45, 2.75) is 11.3 Å². The van der Waals surface area contributed by atoms with Crippen molar-refractivity contribution < 1.29 is 4.79 Å². The predicted octanol–water partition coefficient (Wildman–Crippen LogP) is 2.17. The third-order valence-corrected chi connectivity index (χ3v) is 3.86.